The molecule has 0 spiro atoms. The van der Waals surface area contributed by atoms with Crippen LogP contribution in [-0.2, 0) is 0 Å². The highest BCUT2D eigenvalue weighted by Gasteiger charge is 2.10. The number of phenolic OH excluding ortho intramolecular Hbond substituents is 3. The minimum absolute atomic E-state index is 0.0649. The van der Waals surface area contributed by atoms with Crippen molar-refractivity contribution in [1.29, 1.82) is 0 Å². The Bertz CT molecular complexity index is 730. The molecule has 0 radical (unpaired) electrons. The number of phenols is 3. The molecular weight excluding hydrogens is 290 g/mol. The van der Waals surface area contributed by atoms with Crippen molar-refractivity contribution in [2.24, 2.45) is 5.10 Å². The molecule has 8 nitrogen and oxygen atoms in total. The Morgan fingerprint density at radius 3 is 2.50 bits per heavy atom. The third-order valence-electron chi connectivity index (χ3n) is 2.75. The molecule has 6 N–H and O–H groups in total. The first-order valence-electron chi connectivity index (χ1n) is 6.10. The average molecular weight is 303 g/mol. The van der Waals surface area contributed by atoms with Crippen LogP contribution in [0.3, 0.4) is 0 Å². The van der Waals surface area contributed by atoms with E-state index in [9.17, 15) is 15.0 Å². The molecule has 22 heavy (non-hydrogen) atoms. The lowest BCUT2D eigenvalue weighted by atomic mass is 10.2. The fraction of sp³-hybridized carbons (Fsp3) is 0. The van der Waals surface area contributed by atoms with E-state index in [0.29, 0.717) is 5.69 Å². The van der Waals surface area contributed by atoms with Gasteiger partial charge in [-0.05, 0) is 30.3 Å². The summed E-state index contributed by atoms with van der Waals surface area (Å²) in [5.41, 5.74) is 4.61. The second kappa shape index (κ2) is 6.46. The minimum atomic E-state index is -0.690. The lowest BCUT2D eigenvalue weighted by Crippen LogP contribution is -2.17. The Labute approximate surface area is 124 Å². The Balaban J connectivity index is 2.10. The molecule has 1 amide bonds. The molecule has 0 fully saturated rings. The molecule has 0 heterocycles. The molecule has 0 atom stereocenters. The van der Waals surface area contributed by atoms with E-state index < -0.39 is 5.91 Å². The molecule has 0 unspecified atom stereocenters. The van der Waals surface area contributed by atoms with Gasteiger partial charge in [0, 0.05) is 11.6 Å². The fourth-order valence-corrected chi connectivity index (χ4v) is 1.66. The maximum absolute atomic E-state index is 11.8. The summed E-state index contributed by atoms with van der Waals surface area (Å²) < 4.78 is 0. The molecule has 0 saturated heterocycles. The van der Waals surface area contributed by atoms with Gasteiger partial charge in [0.1, 0.15) is 17.2 Å². The molecule has 0 aromatic heterocycles. The summed E-state index contributed by atoms with van der Waals surface area (Å²) in [4.78, 5) is 11.8. The van der Waals surface area contributed by atoms with Gasteiger partial charge < -0.3 is 15.3 Å². The summed E-state index contributed by atoms with van der Waals surface area (Å²) in [6, 6.07) is 7.71. The van der Waals surface area contributed by atoms with E-state index in [1.807, 2.05) is 5.48 Å². The average Bonchev–Trinajstić information content (AvgIpc) is 2.49. The number of nitrogens with one attached hydrogen (secondary N) is 2. The minimum Gasteiger partial charge on any atom is -0.508 e. The zero-order chi connectivity index (χ0) is 16.1. The van der Waals surface area contributed by atoms with Gasteiger partial charge in [-0.1, -0.05) is 0 Å². The standard InChI is InChI=1S/C14H13N3O5/c18-10-2-3-11(13(20)6-10)14(21)16-15-7-8-5-9(17-22)1-4-12(8)19/h1-7,17-20,22H,(H,16,21)/b15-7+. The first-order valence-corrected chi connectivity index (χ1v) is 6.10. The third-order valence-corrected chi connectivity index (χ3v) is 2.75. The number of hydrazone groups is 1. The van der Waals surface area contributed by atoms with Crippen LogP contribution in [-0.4, -0.2) is 32.6 Å². The summed E-state index contributed by atoms with van der Waals surface area (Å²) in [5.74, 6) is -1.34. The number of carbonyl (C=O) groups excluding carboxylic acids is 1. The van der Waals surface area contributed by atoms with Crippen LogP contribution in [0.25, 0.3) is 0 Å². The number of amides is 1. The molecule has 0 saturated carbocycles. The van der Waals surface area contributed by atoms with Gasteiger partial charge in [0.2, 0.25) is 0 Å². The number of carbonyl (C=O) groups is 1. The maximum Gasteiger partial charge on any atom is 0.275 e. The monoisotopic (exact) mass is 303 g/mol. The van der Waals surface area contributed by atoms with Gasteiger partial charge in [0.15, 0.2) is 0 Å². The van der Waals surface area contributed by atoms with Crippen molar-refractivity contribution in [2.45, 2.75) is 0 Å². The third kappa shape index (κ3) is 3.44. The van der Waals surface area contributed by atoms with Crippen molar-refractivity contribution < 1.29 is 25.3 Å². The first kappa shape index (κ1) is 15.1. The number of aromatic hydroxyl groups is 3. The van der Waals surface area contributed by atoms with Crippen LogP contribution in [0.2, 0.25) is 0 Å². The predicted octanol–water partition coefficient (Wildman–Crippen LogP) is 1.37. The highest BCUT2D eigenvalue weighted by atomic mass is 16.5. The molecular formula is C14H13N3O5. The second-order valence-electron chi connectivity index (χ2n) is 4.29. The highest BCUT2D eigenvalue weighted by Crippen LogP contribution is 2.22. The van der Waals surface area contributed by atoms with E-state index in [1.165, 1.54) is 36.5 Å². The number of rotatable bonds is 4. The lowest BCUT2D eigenvalue weighted by Gasteiger charge is -2.04. The van der Waals surface area contributed by atoms with Crippen LogP contribution in [0.1, 0.15) is 15.9 Å². The smallest absolute Gasteiger partial charge is 0.275 e. The zero-order valence-electron chi connectivity index (χ0n) is 11.2. The Morgan fingerprint density at radius 2 is 1.82 bits per heavy atom. The summed E-state index contributed by atoms with van der Waals surface area (Å²) in [7, 11) is 0. The largest absolute Gasteiger partial charge is 0.508 e. The maximum atomic E-state index is 11.8. The number of nitrogens with zero attached hydrogens (tertiary/aromatic N) is 1. The summed E-state index contributed by atoms with van der Waals surface area (Å²) in [6.45, 7) is 0. The van der Waals surface area contributed by atoms with Crippen molar-refractivity contribution in [1.82, 2.24) is 5.43 Å². The normalized spacial score (nSPS) is 10.6. The summed E-state index contributed by atoms with van der Waals surface area (Å²) in [5, 5.41) is 40.7. The molecule has 2 rings (SSSR count). The molecule has 0 aliphatic heterocycles. The number of anilines is 1. The van der Waals surface area contributed by atoms with Crippen molar-refractivity contribution in [3.8, 4) is 17.2 Å². The van der Waals surface area contributed by atoms with E-state index >= 15 is 0 Å². The van der Waals surface area contributed by atoms with E-state index in [-0.39, 0.29) is 28.4 Å². The van der Waals surface area contributed by atoms with Gasteiger partial charge in [0.05, 0.1) is 17.5 Å². The molecule has 8 heteroatoms. The number of hydrogen-bond donors (Lipinski definition) is 6. The van der Waals surface area contributed by atoms with Crippen LogP contribution in [0.15, 0.2) is 41.5 Å². The predicted molar refractivity (Wildman–Crippen MR) is 78.3 cm³/mol. The van der Waals surface area contributed by atoms with E-state index in [1.54, 1.807) is 0 Å². The van der Waals surface area contributed by atoms with Gasteiger partial charge in [-0.25, -0.2) is 5.43 Å². The quantitative estimate of drug-likeness (QED) is 0.287. The SMILES string of the molecule is O=C(N/N=C/c1cc(NO)ccc1O)c1ccc(O)cc1O. The highest BCUT2D eigenvalue weighted by molar-refractivity contribution is 5.97. The van der Waals surface area contributed by atoms with Gasteiger partial charge in [-0.15, -0.1) is 0 Å². The lowest BCUT2D eigenvalue weighted by molar-refractivity contribution is 0.0952. The van der Waals surface area contributed by atoms with Gasteiger partial charge >= 0.3 is 0 Å². The van der Waals surface area contributed by atoms with Crippen LogP contribution < -0.4 is 10.9 Å². The van der Waals surface area contributed by atoms with Crippen molar-refractivity contribution in [3.63, 3.8) is 0 Å². The van der Waals surface area contributed by atoms with E-state index in [4.69, 9.17) is 10.3 Å². The molecule has 2 aromatic carbocycles. The summed E-state index contributed by atoms with van der Waals surface area (Å²) >= 11 is 0. The van der Waals surface area contributed by atoms with Crippen LogP contribution in [0.5, 0.6) is 17.2 Å². The fourth-order valence-electron chi connectivity index (χ4n) is 1.66. The Hall–Kier alpha value is -3.26. The van der Waals surface area contributed by atoms with Crippen LogP contribution in [0.4, 0.5) is 5.69 Å². The molecule has 0 bridgehead atoms. The molecule has 0 aliphatic carbocycles. The summed E-state index contributed by atoms with van der Waals surface area (Å²) in [6.07, 6.45) is 1.17. The van der Waals surface area contributed by atoms with Gasteiger partial charge in [-0.3, -0.25) is 15.5 Å². The Kier molecular flexibility index (Phi) is 4.44. The first-order chi connectivity index (χ1) is 10.5. The molecule has 2 aromatic rings. The van der Waals surface area contributed by atoms with Crippen molar-refractivity contribution in [2.75, 3.05) is 5.48 Å². The number of benzene rings is 2. The Morgan fingerprint density at radius 1 is 1.05 bits per heavy atom. The van der Waals surface area contributed by atoms with Gasteiger partial charge in [0.25, 0.3) is 5.91 Å². The molecule has 114 valence electrons. The van der Waals surface area contributed by atoms with Crippen molar-refractivity contribution >= 4 is 17.8 Å². The van der Waals surface area contributed by atoms with Crippen LogP contribution in [0, 0.1) is 0 Å². The topological polar surface area (TPSA) is 134 Å². The number of hydrogen-bond acceptors (Lipinski definition) is 7. The van der Waals surface area contributed by atoms with Crippen molar-refractivity contribution in [3.05, 3.63) is 47.5 Å². The van der Waals surface area contributed by atoms with E-state index in [2.05, 4.69) is 10.5 Å². The zero-order valence-corrected chi connectivity index (χ0v) is 11.2. The van der Waals surface area contributed by atoms with E-state index in [0.717, 1.165) is 6.07 Å². The second-order valence-corrected chi connectivity index (χ2v) is 4.29. The van der Waals surface area contributed by atoms with Crippen LogP contribution >= 0.6 is 0 Å². The molecule has 0 aliphatic rings. The van der Waals surface area contributed by atoms with Gasteiger partial charge in [-0.2, -0.15) is 5.10 Å².